The number of Topliss-reactive ketones (excluding diaryl/α,β-unsaturated/α-hetero) is 2. The van der Waals surface area contributed by atoms with E-state index in [0.29, 0.717) is 5.56 Å². The first kappa shape index (κ1) is 10.7. The van der Waals surface area contributed by atoms with Crippen molar-refractivity contribution in [3.05, 3.63) is 35.4 Å². The quantitative estimate of drug-likeness (QED) is 0.639. The standard InChI is InChI=1S/C15H16O2/c1-15-9-5-4-8-12(15)10-6-2-3-7-11(10)13(16)14(15)17/h2-3,6-7,12H,4-5,8-9H2,1H3. The van der Waals surface area contributed by atoms with Gasteiger partial charge >= 0.3 is 0 Å². The molecule has 1 saturated carbocycles. The minimum Gasteiger partial charge on any atom is -0.290 e. The van der Waals surface area contributed by atoms with E-state index in [1.54, 1.807) is 6.07 Å². The zero-order valence-electron chi connectivity index (χ0n) is 10.0. The molecule has 2 heteroatoms. The first-order chi connectivity index (χ1) is 8.14. The van der Waals surface area contributed by atoms with Gasteiger partial charge in [0.15, 0.2) is 0 Å². The van der Waals surface area contributed by atoms with Crippen LogP contribution in [0.15, 0.2) is 24.3 Å². The van der Waals surface area contributed by atoms with Crippen molar-refractivity contribution in [2.24, 2.45) is 5.41 Å². The van der Waals surface area contributed by atoms with Crippen molar-refractivity contribution >= 4 is 11.6 Å². The van der Waals surface area contributed by atoms with E-state index in [1.165, 1.54) is 0 Å². The molecule has 2 atom stereocenters. The molecule has 0 saturated heterocycles. The summed E-state index contributed by atoms with van der Waals surface area (Å²) < 4.78 is 0. The van der Waals surface area contributed by atoms with Crippen LogP contribution in [0.2, 0.25) is 0 Å². The number of benzene rings is 1. The molecule has 0 aliphatic heterocycles. The van der Waals surface area contributed by atoms with Crippen molar-refractivity contribution < 1.29 is 9.59 Å². The van der Waals surface area contributed by atoms with Gasteiger partial charge in [0.25, 0.3) is 0 Å². The van der Waals surface area contributed by atoms with Crippen LogP contribution in [0.4, 0.5) is 0 Å². The molecule has 2 unspecified atom stereocenters. The summed E-state index contributed by atoms with van der Waals surface area (Å²) in [6, 6.07) is 7.63. The molecule has 2 nitrogen and oxygen atoms in total. The maximum Gasteiger partial charge on any atom is 0.229 e. The molecule has 1 aromatic rings. The lowest BCUT2D eigenvalue weighted by Crippen LogP contribution is -2.45. The second-order valence-corrected chi connectivity index (χ2v) is 5.46. The van der Waals surface area contributed by atoms with E-state index in [2.05, 4.69) is 0 Å². The van der Waals surface area contributed by atoms with Gasteiger partial charge in [-0.2, -0.15) is 0 Å². The van der Waals surface area contributed by atoms with Crippen LogP contribution in [-0.2, 0) is 4.79 Å². The fourth-order valence-corrected chi connectivity index (χ4v) is 3.49. The third kappa shape index (κ3) is 1.33. The lowest BCUT2D eigenvalue weighted by atomic mass is 9.58. The molecule has 2 aliphatic carbocycles. The summed E-state index contributed by atoms with van der Waals surface area (Å²) in [5.74, 6) is -0.195. The number of rotatable bonds is 0. The fraction of sp³-hybridized carbons (Fsp3) is 0.467. The van der Waals surface area contributed by atoms with Gasteiger partial charge in [-0.05, 0) is 24.3 Å². The lowest BCUT2D eigenvalue weighted by molar-refractivity contribution is -0.126. The average molecular weight is 228 g/mol. The normalized spacial score (nSPS) is 31.9. The highest BCUT2D eigenvalue weighted by molar-refractivity contribution is 6.46. The van der Waals surface area contributed by atoms with E-state index in [0.717, 1.165) is 31.2 Å². The van der Waals surface area contributed by atoms with Crippen molar-refractivity contribution in [1.29, 1.82) is 0 Å². The third-order valence-electron chi connectivity index (χ3n) is 4.51. The Morgan fingerprint density at radius 3 is 2.76 bits per heavy atom. The molecular weight excluding hydrogens is 212 g/mol. The summed E-state index contributed by atoms with van der Waals surface area (Å²) in [7, 11) is 0. The number of carbonyl (C=O) groups excluding carboxylic acids is 2. The van der Waals surface area contributed by atoms with Crippen molar-refractivity contribution in [1.82, 2.24) is 0 Å². The maximum absolute atomic E-state index is 12.3. The molecule has 0 radical (unpaired) electrons. The minimum atomic E-state index is -0.441. The topological polar surface area (TPSA) is 34.1 Å². The van der Waals surface area contributed by atoms with Crippen LogP contribution >= 0.6 is 0 Å². The van der Waals surface area contributed by atoms with Crippen molar-refractivity contribution in [3.63, 3.8) is 0 Å². The minimum absolute atomic E-state index is 0.166. The van der Waals surface area contributed by atoms with Gasteiger partial charge < -0.3 is 0 Å². The van der Waals surface area contributed by atoms with E-state index in [-0.39, 0.29) is 17.5 Å². The fourth-order valence-electron chi connectivity index (χ4n) is 3.49. The molecule has 0 spiro atoms. The highest BCUT2D eigenvalue weighted by Gasteiger charge is 2.50. The largest absolute Gasteiger partial charge is 0.290 e. The zero-order chi connectivity index (χ0) is 12.0. The second kappa shape index (κ2) is 3.52. The van der Waals surface area contributed by atoms with Gasteiger partial charge in [-0.25, -0.2) is 0 Å². The van der Waals surface area contributed by atoms with Crippen LogP contribution in [0.3, 0.4) is 0 Å². The van der Waals surface area contributed by atoms with E-state index in [9.17, 15) is 9.59 Å². The van der Waals surface area contributed by atoms with Gasteiger partial charge in [-0.15, -0.1) is 0 Å². The summed E-state index contributed by atoms with van der Waals surface area (Å²) in [4.78, 5) is 24.4. The molecule has 2 aliphatic rings. The Morgan fingerprint density at radius 2 is 1.94 bits per heavy atom. The molecule has 3 rings (SSSR count). The third-order valence-corrected chi connectivity index (χ3v) is 4.51. The van der Waals surface area contributed by atoms with E-state index >= 15 is 0 Å². The van der Waals surface area contributed by atoms with Gasteiger partial charge in [0.2, 0.25) is 11.6 Å². The molecule has 1 aromatic carbocycles. The predicted octanol–water partition coefficient (Wildman–Crippen LogP) is 3.12. The molecule has 1 fully saturated rings. The molecule has 0 bridgehead atoms. The van der Waals surface area contributed by atoms with Crippen molar-refractivity contribution in [2.45, 2.75) is 38.5 Å². The lowest BCUT2D eigenvalue weighted by Gasteiger charge is -2.43. The Labute approximate surface area is 101 Å². The number of hydrogen-bond acceptors (Lipinski definition) is 2. The summed E-state index contributed by atoms with van der Waals surface area (Å²) in [6.07, 6.45) is 4.12. The molecule has 88 valence electrons. The Kier molecular flexibility index (Phi) is 2.22. The Balaban J connectivity index is 2.21. The van der Waals surface area contributed by atoms with Gasteiger partial charge in [0.1, 0.15) is 0 Å². The van der Waals surface area contributed by atoms with Gasteiger partial charge in [0.05, 0.1) is 0 Å². The smallest absolute Gasteiger partial charge is 0.229 e. The first-order valence-electron chi connectivity index (χ1n) is 6.32. The molecule has 0 N–H and O–H groups in total. The Hall–Kier alpha value is -1.44. The maximum atomic E-state index is 12.3. The van der Waals surface area contributed by atoms with Crippen LogP contribution < -0.4 is 0 Å². The Bertz CT molecular complexity index is 503. The predicted molar refractivity (Wildman–Crippen MR) is 65.1 cm³/mol. The molecule has 0 heterocycles. The monoisotopic (exact) mass is 228 g/mol. The van der Waals surface area contributed by atoms with E-state index in [4.69, 9.17) is 0 Å². The van der Waals surface area contributed by atoms with Crippen molar-refractivity contribution in [2.75, 3.05) is 0 Å². The molecule has 17 heavy (non-hydrogen) atoms. The van der Waals surface area contributed by atoms with Crippen LogP contribution in [0.25, 0.3) is 0 Å². The Morgan fingerprint density at radius 1 is 1.18 bits per heavy atom. The summed E-state index contributed by atoms with van der Waals surface area (Å²) in [5.41, 5.74) is 1.30. The molecule has 0 amide bonds. The highest BCUT2D eigenvalue weighted by Crippen LogP contribution is 2.51. The van der Waals surface area contributed by atoms with Crippen LogP contribution in [0.5, 0.6) is 0 Å². The average Bonchev–Trinajstić information content (AvgIpc) is 2.36. The van der Waals surface area contributed by atoms with Crippen LogP contribution in [0, 0.1) is 5.41 Å². The second-order valence-electron chi connectivity index (χ2n) is 5.46. The molecular formula is C15H16O2. The van der Waals surface area contributed by atoms with Crippen LogP contribution in [0.1, 0.15) is 54.4 Å². The number of ketones is 2. The summed E-state index contributed by atoms with van der Waals surface area (Å²) in [5, 5.41) is 0. The highest BCUT2D eigenvalue weighted by atomic mass is 16.2. The number of fused-ring (bicyclic) bond motifs is 3. The van der Waals surface area contributed by atoms with Crippen molar-refractivity contribution in [3.8, 4) is 0 Å². The number of carbonyl (C=O) groups is 2. The van der Waals surface area contributed by atoms with Gasteiger partial charge in [-0.1, -0.05) is 44.0 Å². The van der Waals surface area contributed by atoms with Crippen LogP contribution in [-0.4, -0.2) is 11.6 Å². The SMILES string of the molecule is CC12CCCCC1c1ccccc1C(=O)C2=O. The van der Waals surface area contributed by atoms with Gasteiger partial charge in [-0.3, -0.25) is 9.59 Å². The van der Waals surface area contributed by atoms with E-state index < -0.39 is 5.41 Å². The summed E-state index contributed by atoms with van der Waals surface area (Å²) in [6.45, 7) is 1.98. The summed E-state index contributed by atoms with van der Waals surface area (Å²) >= 11 is 0. The van der Waals surface area contributed by atoms with E-state index in [1.807, 2.05) is 25.1 Å². The molecule has 0 aromatic heterocycles. The van der Waals surface area contributed by atoms with Gasteiger partial charge in [0, 0.05) is 11.0 Å². The number of hydrogen-bond donors (Lipinski definition) is 0. The first-order valence-corrected chi connectivity index (χ1v) is 6.32. The zero-order valence-corrected chi connectivity index (χ0v) is 10.0.